The van der Waals surface area contributed by atoms with Crippen LogP contribution >= 0.6 is 22.9 Å². The van der Waals surface area contributed by atoms with E-state index in [0.29, 0.717) is 5.69 Å². The number of piperidine rings is 1. The Kier molecular flexibility index (Phi) is 3.26. The third kappa shape index (κ3) is 2.49. The number of amides is 1. The highest BCUT2D eigenvalue weighted by atomic mass is 35.5. The SMILES string of the molecule is Cc1nc(C(=O)N2CCC(Cl)CC2)cs1. The highest BCUT2D eigenvalue weighted by Gasteiger charge is 2.23. The maximum Gasteiger partial charge on any atom is 0.273 e. The summed E-state index contributed by atoms with van der Waals surface area (Å²) in [6, 6.07) is 0. The van der Waals surface area contributed by atoms with Gasteiger partial charge in [-0.1, -0.05) is 0 Å². The number of aromatic nitrogens is 1. The molecule has 0 spiro atoms. The standard InChI is InChI=1S/C10H13ClN2OS/c1-7-12-9(6-15-7)10(14)13-4-2-8(11)3-5-13/h6,8H,2-5H2,1H3. The quantitative estimate of drug-likeness (QED) is 0.711. The van der Waals surface area contributed by atoms with E-state index >= 15 is 0 Å². The minimum absolute atomic E-state index is 0.0444. The summed E-state index contributed by atoms with van der Waals surface area (Å²) in [6.45, 7) is 3.42. The number of carbonyl (C=O) groups is 1. The van der Waals surface area contributed by atoms with Crippen LogP contribution in [-0.4, -0.2) is 34.3 Å². The number of halogens is 1. The monoisotopic (exact) mass is 244 g/mol. The highest BCUT2D eigenvalue weighted by Crippen LogP contribution is 2.18. The average molecular weight is 245 g/mol. The van der Waals surface area contributed by atoms with Gasteiger partial charge in [-0.15, -0.1) is 22.9 Å². The maximum absolute atomic E-state index is 11.9. The van der Waals surface area contributed by atoms with Gasteiger partial charge in [0, 0.05) is 23.8 Å². The lowest BCUT2D eigenvalue weighted by Crippen LogP contribution is -2.38. The number of hydrogen-bond donors (Lipinski definition) is 0. The molecule has 1 amide bonds. The van der Waals surface area contributed by atoms with E-state index in [1.54, 1.807) is 0 Å². The molecule has 3 nitrogen and oxygen atoms in total. The molecule has 0 aromatic carbocycles. The van der Waals surface area contributed by atoms with Crippen molar-refractivity contribution in [2.75, 3.05) is 13.1 Å². The van der Waals surface area contributed by atoms with E-state index in [4.69, 9.17) is 11.6 Å². The lowest BCUT2D eigenvalue weighted by Gasteiger charge is -2.28. The Morgan fingerprint density at radius 2 is 2.27 bits per heavy atom. The first kappa shape index (κ1) is 10.9. The van der Waals surface area contributed by atoms with Gasteiger partial charge in [-0.25, -0.2) is 4.98 Å². The summed E-state index contributed by atoms with van der Waals surface area (Å²) in [5, 5.41) is 2.99. The molecule has 1 saturated heterocycles. The molecule has 0 atom stereocenters. The molecular weight excluding hydrogens is 232 g/mol. The summed E-state index contributed by atoms with van der Waals surface area (Å²) in [5.74, 6) is 0.0444. The van der Waals surface area contributed by atoms with E-state index in [1.807, 2.05) is 17.2 Å². The first-order valence-electron chi connectivity index (χ1n) is 5.02. The molecule has 1 aliphatic heterocycles. The van der Waals surface area contributed by atoms with Gasteiger partial charge in [0.1, 0.15) is 5.69 Å². The topological polar surface area (TPSA) is 33.2 Å². The molecule has 0 aliphatic carbocycles. The molecular formula is C10H13ClN2OS. The highest BCUT2D eigenvalue weighted by molar-refractivity contribution is 7.09. The second-order valence-electron chi connectivity index (χ2n) is 3.72. The molecule has 2 rings (SSSR count). The van der Waals surface area contributed by atoms with E-state index in [-0.39, 0.29) is 11.3 Å². The predicted molar refractivity (Wildman–Crippen MR) is 61.6 cm³/mol. The fourth-order valence-electron chi connectivity index (χ4n) is 1.67. The largest absolute Gasteiger partial charge is 0.337 e. The van der Waals surface area contributed by atoms with Crippen molar-refractivity contribution in [2.24, 2.45) is 0 Å². The normalized spacial score (nSPS) is 18.1. The third-order valence-electron chi connectivity index (χ3n) is 2.55. The maximum atomic E-state index is 11.9. The first-order chi connectivity index (χ1) is 7.16. The second kappa shape index (κ2) is 4.49. The van der Waals surface area contributed by atoms with Crippen molar-refractivity contribution >= 4 is 28.8 Å². The molecule has 0 bridgehead atoms. The molecule has 0 N–H and O–H groups in total. The minimum atomic E-state index is 0.0444. The van der Waals surface area contributed by atoms with Crippen LogP contribution in [0.4, 0.5) is 0 Å². The lowest BCUT2D eigenvalue weighted by molar-refractivity contribution is 0.0721. The van der Waals surface area contributed by atoms with E-state index in [9.17, 15) is 4.79 Å². The van der Waals surface area contributed by atoms with Crippen LogP contribution in [-0.2, 0) is 0 Å². The zero-order valence-corrected chi connectivity index (χ0v) is 10.1. The van der Waals surface area contributed by atoms with Gasteiger partial charge >= 0.3 is 0 Å². The molecule has 15 heavy (non-hydrogen) atoms. The van der Waals surface area contributed by atoms with Crippen molar-refractivity contribution in [3.8, 4) is 0 Å². The Balaban J connectivity index is 2.02. The molecule has 0 saturated carbocycles. The Labute approximate surface area is 98.1 Å². The summed E-state index contributed by atoms with van der Waals surface area (Å²) in [5.41, 5.74) is 0.575. The smallest absolute Gasteiger partial charge is 0.273 e. The fourth-order valence-corrected chi connectivity index (χ4v) is 2.46. The van der Waals surface area contributed by atoms with Gasteiger partial charge < -0.3 is 4.90 Å². The van der Waals surface area contributed by atoms with E-state index < -0.39 is 0 Å². The van der Waals surface area contributed by atoms with Crippen LogP contribution in [0.5, 0.6) is 0 Å². The Bertz CT molecular complexity index is 358. The van der Waals surface area contributed by atoms with Crippen LogP contribution in [0.25, 0.3) is 0 Å². The Morgan fingerprint density at radius 1 is 1.60 bits per heavy atom. The van der Waals surface area contributed by atoms with E-state index in [2.05, 4.69) is 4.98 Å². The average Bonchev–Trinajstić information content (AvgIpc) is 2.65. The minimum Gasteiger partial charge on any atom is -0.337 e. The van der Waals surface area contributed by atoms with Crippen molar-refractivity contribution in [2.45, 2.75) is 25.1 Å². The summed E-state index contributed by atoms with van der Waals surface area (Å²) >= 11 is 7.50. The van der Waals surface area contributed by atoms with Crippen LogP contribution in [0.2, 0.25) is 0 Å². The summed E-state index contributed by atoms with van der Waals surface area (Å²) in [6.07, 6.45) is 1.77. The van der Waals surface area contributed by atoms with Crippen LogP contribution < -0.4 is 0 Å². The molecule has 1 aromatic heterocycles. The van der Waals surface area contributed by atoms with E-state index in [1.165, 1.54) is 11.3 Å². The van der Waals surface area contributed by atoms with Gasteiger partial charge in [0.15, 0.2) is 0 Å². The number of nitrogens with zero attached hydrogens (tertiary/aromatic N) is 2. The Morgan fingerprint density at radius 3 is 2.80 bits per heavy atom. The zero-order chi connectivity index (χ0) is 10.8. The van der Waals surface area contributed by atoms with Crippen LogP contribution in [0.15, 0.2) is 5.38 Å². The van der Waals surface area contributed by atoms with Gasteiger partial charge in [-0.2, -0.15) is 0 Å². The van der Waals surface area contributed by atoms with Gasteiger partial charge in [0.05, 0.1) is 5.01 Å². The van der Waals surface area contributed by atoms with E-state index in [0.717, 1.165) is 30.9 Å². The van der Waals surface area contributed by atoms with Crippen molar-refractivity contribution in [3.63, 3.8) is 0 Å². The number of thiazole rings is 1. The van der Waals surface area contributed by atoms with Crippen LogP contribution in [0.3, 0.4) is 0 Å². The predicted octanol–water partition coefficient (Wildman–Crippen LogP) is 2.29. The molecule has 1 fully saturated rings. The zero-order valence-electron chi connectivity index (χ0n) is 8.57. The van der Waals surface area contributed by atoms with Crippen LogP contribution in [0.1, 0.15) is 28.3 Å². The number of alkyl halides is 1. The van der Waals surface area contributed by atoms with Crippen molar-refractivity contribution < 1.29 is 4.79 Å². The summed E-state index contributed by atoms with van der Waals surface area (Å²) in [7, 11) is 0. The number of rotatable bonds is 1. The molecule has 2 heterocycles. The van der Waals surface area contributed by atoms with Crippen molar-refractivity contribution in [1.29, 1.82) is 0 Å². The molecule has 0 radical (unpaired) electrons. The fraction of sp³-hybridized carbons (Fsp3) is 0.600. The molecule has 1 aliphatic rings. The summed E-state index contributed by atoms with van der Waals surface area (Å²) < 4.78 is 0. The molecule has 0 unspecified atom stereocenters. The van der Waals surface area contributed by atoms with Crippen molar-refractivity contribution in [1.82, 2.24) is 9.88 Å². The number of carbonyl (C=O) groups excluding carboxylic acids is 1. The van der Waals surface area contributed by atoms with Gasteiger partial charge in [0.2, 0.25) is 0 Å². The lowest BCUT2D eigenvalue weighted by atomic mass is 10.1. The second-order valence-corrected chi connectivity index (χ2v) is 5.40. The van der Waals surface area contributed by atoms with Crippen molar-refractivity contribution in [3.05, 3.63) is 16.1 Å². The van der Waals surface area contributed by atoms with Gasteiger partial charge in [-0.3, -0.25) is 4.79 Å². The number of aryl methyl sites for hydroxylation is 1. The van der Waals surface area contributed by atoms with Crippen LogP contribution in [0, 0.1) is 6.92 Å². The summed E-state index contributed by atoms with van der Waals surface area (Å²) in [4.78, 5) is 18.0. The van der Waals surface area contributed by atoms with Gasteiger partial charge in [-0.05, 0) is 19.8 Å². The third-order valence-corrected chi connectivity index (χ3v) is 3.76. The number of hydrogen-bond acceptors (Lipinski definition) is 3. The molecule has 5 heteroatoms. The first-order valence-corrected chi connectivity index (χ1v) is 6.34. The Hall–Kier alpha value is -0.610. The molecule has 82 valence electrons. The number of likely N-dealkylation sites (tertiary alicyclic amines) is 1. The molecule has 1 aromatic rings. The van der Waals surface area contributed by atoms with Gasteiger partial charge in [0.25, 0.3) is 5.91 Å².